The van der Waals surface area contributed by atoms with Crippen molar-refractivity contribution >= 4 is 32.7 Å². The Morgan fingerprint density at radius 1 is 1.22 bits per heavy atom. The molecule has 132 valence electrons. The molecule has 0 N–H and O–H groups in total. The molecule has 3 aromatic heterocycles. The van der Waals surface area contributed by atoms with Crippen molar-refractivity contribution < 1.29 is 4.79 Å². The summed E-state index contributed by atoms with van der Waals surface area (Å²) in [6.07, 6.45) is 1.68. The van der Waals surface area contributed by atoms with Gasteiger partial charge < -0.3 is 0 Å². The van der Waals surface area contributed by atoms with Crippen LogP contribution in [-0.4, -0.2) is 30.1 Å². The average Bonchev–Trinajstić information content (AvgIpc) is 3.23. The Morgan fingerprint density at radius 3 is 2.78 bits per heavy atom. The first-order valence-corrected chi connectivity index (χ1v) is 8.89. The number of pyridine rings is 1. The Hall–Kier alpha value is -3.31. The molecular formula is C19H13BrN6O. The molecule has 0 aliphatic rings. The van der Waals surface area contributed by atoms with Crippen LogP contribution in [0.25, 0.3) is 22.7 Å². The molecule has 0 bridgehead atoms. The van der Waals surface area contributed by atoms with Gasteiger partial charge in [-0.3, -0.25) is 9.36 Å². The van der Waals surface area contributed by atoms with Crippen LogP contribution in [0.3, 0.4) is 0 Å². The fraction of sp³-hybridized carbons (Fsp3) is 0.105. The highest BCUT2D eigenvalue weighted by atomic mass is 79.9. The van der Waals surface area contributed by atoms with E-state index in [9.17, 15) is 10.1 Å². The van der Waals surface area contributed by atoms with E-state index in [1.165, 1.54) is 11.6 Å². The van der Waals surface area contributed by atoms with Crippen LogP contribution >= 0.6 is 15.9 Å². The number of hydrogen-bond donors (Lipinski definition) is 0. The second-order valence-corrected chi connectivity index (χ2v) is 6.95. The van der Waals surface area contributed by atoms with Gasteiger partial charge in [-0.25, -0.2) is 14.6 Å². The Morgan fingerprint density at radius 2 is 2.04 bits per heavy atom. The van der Waals surface area contributed by atoms with Gasteiger partial charge in [0, 0.05) is 4.47 Å². The average molecular weight is 421 g/mol. The fourth-order valence-electron chi connectivity index (χ4n) is 2.92. The molecule has 0 spiro atoms. The molecule has 4 rings (SSSR count). The van der Waals surface area contributed by atoms with Gasteiger partial charge in [0.1, 0.15) is 23.9 Å². The van der Waals surface area contributed by atoms with Gasteiger partial charge in [0.05, 0.1) is 22.3 Å². The van der Waals surface area contributed by atoms with Crippen molar-refractivity contribution in [2.75, 3.05) is 0 Å². The Kier molecular flexibility index (Phi) is 4.09. The number of aromatic nitrogens is 5. The largest absolute Gasteiger partial charge is 0.294 e. The van der Waals surface area contributed by atoms with Crippen LogP contribution in [0.4, 0.5) is 0 Å². The van der Waals surface area contributed by atoms with Crippen LogP contribution in [0.15, 0.2) is 47.2 Å². The van der Waals surface area contributed by atoms with Crippen molar-refractivity contribution in [3.8, 4) is 17.7 Å². The summed E-state index contributed by atoms with van der Waals surface area (Å²) in [5.74, 6) is 0.751. The van der Waals surface area contributed by atoms with Crippen molar-refractivity contribution in [2.24, 2.45) is 0 Å². The van der Waals surface area contributed by atoms with E-state index >= 15 is 0 Å². The van der Waals surface area contributed by atoms with Crippen LogP contribution in [0.5, 0.6) is 0 Å². The van der Waals surface area contributed by atoms with Crippen LogP contribution in [-0.2, 0) is 0 Å². The SMILES string of the molecule is CC(=O)c1ccc(-n2cnc3cc(Br)ccc32)nc1-n1nc(C)cc1C#N. The van der Waals surface area contributed by atoms with E-state index in [2.05, 4.69) is 37.1 Å². The monoisotopic (exact) mass is 420 g/mol. The van der Waals surface area contributed by atoms with Crippen molar-refractivity contribution in [2.45, 2.75) is 13.8 Å². The van der Waals surface area contributed by atoms with Crippen molar-refractivity contribution in [3.05, 3.63) is 64.1 Å². The molecule has 8 heteroatoms. The number of nitrogens with zero attached hydrogens (tertiary/aromatic N) is 6. The van der Waals surface area contributed by atoms with E-state index in [-0.39, 0.29) is 5.78 Å². The van der Waals surface area contributed by atoms with Crippen molar-refractivity contribution in [3.63, 3.8) is 0 Å². The fourth-order valence-corrected chi connectivity index (χ4v) is 3.27. The third kappa shape index (κ3) is 2.92. The summed E-state index contributed by atoms with van der Waals surface area (Å²) >= 11 is 3.44. The molecule has 0 saturated carbocycles. The normalized spacial score (nSPS) is 10.9. The van der Waals surface area contributed by atoms with Gasteiger partial charge >= 0.3 is 0 Å². The highest BCUT2D eigenvalue weighted by molar-refractivity contribution is 9.10. The van der Waals surface area contributed by atoms with Gasteiger partial charge in [-0.2, -0.15) is 10.4 Å². The smallest absolute Gasteiger partial charge is 0.168 e. The van der Waals surface area contributed by atoms with Gasteiger partial charge in [0.2, 0.25) is 0 Å². The molecule has 27 heavy (non-hydrogen) atoms. The number of nitriles is 1. The molecule has 4 aromatic rings. The van der Waals surface area contributed by atoms with Crippen LogP contribution in [0.2, 0.25) is 0 Å². The molecule has 0 unspecified atom stereocenters. The predicted octanol–water partition coefficient (Wildman–Crippen LogP) is 3.75. The first-order valence-electron chi connectivity index (χ1n) is 8.10. The van der Waals surface area contributed by atoms with Crippen molar-refractivity contribution in [1.82, 2.24) is 24.3 Å². The van der Waals surface area contributed by atoms with Gasteiger partial charge in [-0.05, 0) is 50.2 Å². The van der Waals surface area contributed by atoms with Gasteiger partial charge in [0.15, 0.2) is 11.6 Å². The van der Waals surface area contributed by atoms with E-state index < -0.39 is 0 Å². The molecule has 0 atom stereocenters. The molecule has 1 aromatic carbocycles. The lowest BCUT2D eigenvalue weighted by atomic mass is 10.2. The van der Waals surface area contributed by atoms with Crippen LogP contribution in [0.1, 0.15) is 28.7 Å². The number of benzene rings is 1. The standard InChI is InChI=1S/C19H13BrN6O/c1-11-7-14(9-21)26(24-11)19-15(12(2)27)4-6-18(23-19)25-10-22-16-8-13(20)3-5-17(16)25/h3-8,10H,1-2H3. The number of aryl methyl sites for hydroxylation is 1. The summed E-state index contributed by atoms with van der Waals surface area (Å²) < 4.78 is 4.18. The topological polar surface area (TPSA) is 89.4 Å². The number of ketones is 1. The summed E-state index contributed by atoms with van der Waals surface area (Å²) in [5, 5.41) is 13.7. The molecular weight excluding hydrogens is 408 g/mol. The Balaban J connectivity index is 1.96. The second kappa shape index (κ2) is 6.45. The van der Waals surface area contributed by atoms with Crippen LogP contribution in [0, 0.1) is 18.3 Å². The minimum Gasteiger partial charge on any atom is -0.294 e. The maximum Gasteiger partial charge on any atom is 0.168 e. The van der Waals surface area contributed by atoms with Gasteiger partial charge in [-0.15, -0.1) is 0 Å². The summed E-state index contributed by atoms with van der Waals surface area (Å²) in [6.45, 7) is 3.25. The minimum atomic E-state index is -0.152. The zero-order valence-corrected chi connectivity index (χ0v) is 16.1. The summed E-state index contributed by atoms with van der Waals surface area (Å²) in [6, 6.07) is 13.0. The quantitative estimate of drug-likeness (QED) is 0.470. The number of imidazole rings is 1. The third-order valence-corrected chi connectivity index (χ3v) is 4.64. The van der Waals surface area contributed by atoms with E-state index in [1.807, 2.05) is 22.8 Å². The number of rotatable bonds is 3. The van der Waals surface area contributed by atoms with E-state index in [1.54, 1.807) is 31.5 Å². The molecule has 0 aliphatic heterocycles. The van der Waals surface area contributed by atoms with E-state index in [4.69, 9.17) is 0 Å². The highest BCUT2D eigenvalue weighted by Crippen LogP contribution is 2.23. The zero-order chi connectivity index (χ0) is 19.1. The molecule has 0 aliphatic carbocycles. The second-order valence-electron chi connectivity index (χ2n) is 6.04. The maximum atomic E-state index is 12.1. The van der Waals surface area contributed by atoms with Crippen LogP contribution < -0.4 is 0 Å². The van der Waals surface area contributed by atoms with E-state index in [0.29, 0.717) is 28.6 Å². The third-order valence-electron chi connectivity index (χ3n) is 4.14. The lowest BCUT2D eigenvalue weighted by molar-refractivity contribution is 0.101. The number of halogens is 1. The lowest BCUT2D eigenvalue weighted by Crippen LogP contribution is -2.11. The zero-order valence-electron chi connectivity index (χ0n) is 14.5. The summed E-state index contributed by atoms with van der Waals surface area (Å²) in [7, 11) is 0. The molecule has 0 amide bonds. The molecule has 0 radical (unpaired) electrons. The number of hydrogen-bond acceptors (Lipinski definition) is 5. The number of carbonyl (C=O) groups excluding carboxylic acids is 1. The lowest BCUT2D eigenvalue weighted by Gasteiger charge is -2.11. The summed E-state index contributed by atoms with van der Waals surface area (Å²) in [5.41, 5.74) is 3.08. The number of Topliss-reactive ketones (excluding diaryl/α,β-unsaturated/α-hetero) is 1. The first kappa shape index (κ1) is 17.1. The molecule has 3 heterocycles. The van der Waals surface area contributed by atoms with Gasteiger partial charge in [0.25, 0.3) is 0 Å². The Labute approximate surface area is 163 Å². The van der Waals surface area contributed by atoms with Crippen molar-refractivity contribution in [1.29, 1.82) is 5.26 Å². The molecule has 0 saturated heterocycles. The molecule has 0 fully saturated rings. The highest BCUT2D eigenvalue weighted by Gasteiger charge is 2.18. The van der Waals surface area contributed by atoms with Gasteiger partial charge in [-0.1, -0.05) is 15.9 Å². The Bertz CT molecular complexity index is 1250. The summed E-state index contributed by atoms with van der Waals surface area (Å²) in [4.78, 5) is 21.2. The van der Waals surface area contributed by atoms with E-state index in [0.717, 1.165) is 15.5 Å². The first-order chi connectivity index (χ1) is 13.0. The minimum absolute atomic E-state index is 0.152. The molecule has 7 nitrogen and oxygen atoms in total. The predicted molar refractivity (Wildman–Crippen MR) is 103 cm³/mol. The number of carbonyl (C=O) groups is 1. The maximum absolute atomic E-state index is 12.1. The number of fused-ring (bicyclic) bond motifs is 1.